The number of benzene rings is 1. The number of aryl methyl sites for hydroxylation is 2. The lowest BCUT2D eigenvalue weighted by Crippen LogP contribution is -1.97. The molecule has 0 radical (unpaired) electrons. The molecule has 3 rings (SSSR count). The lowest BCUT2D eigenvalue weighted by Gasteiger charge is -2.00. The number of fused-ring (bicyclic) bond motifs is 1. The molecule has 0 amide bonds. The van der Waals surface area contributed by atoms with Crippen LogP contribution in [0.2, 0.25) is 0 Å². The molecule has 0 unspecified atom stereocenters. The number of nitrogen functional groups attached to an aromatic ring is 1. The maximum atomic E-state index is 5.95. The van der Waals surface area contributed by atoms with E-state index in [-0.39, 0.29) is 0 Å². The summed E-state index contributed by atoms with van der Waals surface area (Å²) in [6.07, 6.45) is 3.54. The lowest BCUT2D eigenvalue weighted by atomic mass is 10.1. The van der Waals surface area contributed by atoms with Gasteiger partial charge in [-0.05, 0) is 24.1 Å². The van der Waals surface area contributed by atoms with Gasteiger partial charge in [0.2, 0.25) is 0 Å². The molecule has 0 bridgehead atoms. The van der Waals surface area contributed by atoms with Crippen molar-refractivity contribution >= 4 is 16.8 Å². The van der Waals surface area contributed by atoms with Gasteiger partial charge in [-0.3, -0.25) is 4.68 Å². The van der Waals surface area contributed by atoms with E-state index in [0.29, 0.717) is 5.82 Å². The fourth-order valence-corrected chi connectivity index (χ4v) is 2.00. The van der Waals surface area contributed by atoms with E-state index in [9.17, 15) is 0 Å². The minimum atomic E-state index is 0.660. The van der Waals surface area contributed by atoms with E-state index in [1.165, 1.54) is 0 Å². The third-order valence-corrected chi connectivity index (χ3v) is 3.06. The number of furan rings is 1. The lowest BCUT2D eigenvalue weighted by molar-refractivity contribution is 0.613. The van der Waals surface area contributed by atoms with E-state index < -0.39 is 0 Å². The second-order valence-corrected chi connectivity index (χ2v) is 4.20. The molecule has 0 spiro atoms. The van der Waals surface area contributed by atoms with Crippen molar-refractivity contribution in [1.29, 1.82) is 0 Å². The summed E-state index contributed by atoms with van der Waals surface area (Å²) in [7, 11) is 1.83. The number of nitrogens with zero attached hydrogens (tertiary/aromatic N) is 2. The van der Waals surface area contributed by atoms with Crippen molar-refractivity contribution in [3.05, 3.63) is 36.2 Å². The second-order valence-electron chi connectivity index (χ2n) is 4.20. The minimum Gasteiger partial charge on any atom is -0.464 e. The number of anilines is 1. The Morgan fingerprint density at radius 2 is 2.18 bits per heavy atom. The number of aromatic nitrogens is 2. The zero-order valence-corrected chi connectivity index (χ0v) is 9.77. The maximum absolute atomic E-state index is 5.95. The van der Waals surface area contributed by atoms with Gasteiger partial charge in [-0.15, -0.1) is 0 Å². The Morgan fingerprint density at radius 3 is 2.88 bits per heavy atom. The van der Waals surface area contributed by atoms with Gasteiger partial charge in [0.25, 0.3) is 0 Å². The highest BCUT2D eigenvalue weighted by Crippen LogP contribution is 2.29. The normalized spacial score (nSPS) is 11.2. The quantitative estimate of drug-likeness (QED) is 0.695. The molecule has 4 heteroatoms. The zero-order valence-electron chi connectivity index (χ0n) is 9.77. The van der Waals surface area contributed by atoms with Crippen LogP contribution in [0.15, 0.2) is 35.1 Å². The molecule has 2 aromatic heterocycles. The molecule has 0 saturated heterocycles. The third kappa shape index (κ3) is 1.41. The molecular formula is C13H13N3O. The summed E-state index contributed by atoms with van der Waals surface area (Å²) in [6.45, 7) is 2.03. The highest BCUT2D eigenvalue weighted by Gasteiger charge is 2.09. The van der Waals surface area contributed by atoms with Crippen LogP contribution in [0.25, 0.3) is 22.1 Å². The number of hydrogen-bond donors (Lipinski definition) is 1. The van der Waals surface area contributed by atoms with Gasteiger partial charge in [0.15, 0.2) is 0 Å². The summed E-state index contributed by atoms with van der Waals surface area (Å²) in [5.74, 6) is 0.660. The van der Waals surface area contributed by atoms with Crippen molar-refractivity contribution in [2.24, 2.45) is 7.05 Å². The molecule has 3 aromatic rings. The van der Waals surface area contributed by atoms with Gasteiger partial charge < -0.3 is 10.2 Å². The van der Waals surface area contributed by atoms with Gasteiger partial charge in [-0.25, -0.2) is 0 Å². The third-order valence-electron chi connectivity index (χ3n) is 3.06. The molecule has 1 aromatic carbocycles. The summed E-state index contributed by atoms with van der Waals surface area (Å²) in [5.41, 5.74) is 9.94. The fourth-order valence-electron chi connectivity index (χ4n) is 2.00. The molecule has 0 saturated carbocycles. The number of rotatable bonds is 1. The molecule has 0 aliphatic carbocycles. The van der Waals surface area contributed by atoms with Gasteiger partial charge in [0.05, 0.1) is 12.5 Å². The Hall–Kier alpha value is -2.23. The van der Waals surface area contributed by atoms with Gasteiger partial charge in [-0.1, -0.05) is 12.1 Å². The largest absolute Gasteiger partial charge is 0.464 e. The van der Waals surface area contributed by atoms with Crippen LogP contribution in [-0.2, 0) is 7.05 Å². The smallest absolute Gasteiger partial charge is 0.134 e. The Morgan fingerprint density at radius 1 is 1.35 bits per heavy atom. The highest BCUT2D eigenvalue weighted by atomic mass is 16.3. The van der Waals surface area contributed by atoms with Crippen molar-refractivity contribution in [3.63, 3.8) is 0 Å². The van der Waals surface area contributed by atoms with Crippen LogP contribution < -0.4 is 5.73 Å². The van der Waals surface area contributed by atoms with Gasteiger partial charge in [-0.2, -0.15) is 5.10 Å². The molecule has 4 nitrogen and oxygen atoms in total. The summed E-state index contributed by atoms with van der Waals surface area (Å²) in [4.78, 5) is 0. The first-order valence-electron chi connectivity index (χ1n) is 5.42. The Kier molecular flexibility index (Phi) is 1.98. The van der Waals surface area contributed by atoms with Crippen molar-refractivity contribution in [1.82, 2.24) is 9.78 Å². The van der Waals surface area contributed by atoms with Crippen molar-refractivity contribution < 1.29 is 4.42 Å². The van der Waals surface area contributed by atoms with Crippen LogP contribution in [0, 0.1) is 6.92 Å². The molecule has 2 heterocycles. The molecule has 0 atom stereocenters. The molecule has 0 aliphatic heterocycles. The predicted octanol–water partition coefficient (Wildman–Crippen LogP) is 2.72. The van der Waals surface area contributed by atoms with Gasteiger partial charge >= 0.3 is 0 Å². The van der Waals surface area contributed by atoms with Crippen LogP contribution in [0.3, 0.4) is 0 Å². The van der Waals surface area contributed by atoms with Crippen LogP contribution in [-0.4, -0.2) is 9.78 Å². The van der Waals surface area contributed by atoms with Crippen LogP contribution >= 0.6 is 0 Å². The van der Waals surface area contributed by atoms with Gasteiger partial charge in [0.1, 0.15) is 11.4 Å². The monoisotopic (exact) mass is 227 g/mol. The molecule has 0 fully saturated rings. The van der Waals surface area contributed by atoms with E-state index in [1.54, 1.807) is 17.1 Å². The average Bonchev–Trinajstić information content (AvgIpc) is 2.85. The molecule has 17 heavy (non-hydrogen) atoms. The second kappa shape index (κ2) is 3.38. The molecule has 2 N–H and O–H groups in total. The van der Waals surface area contributed by atoms with Crippen LogP contribution in [0.5, 0.6) is 0 Å². The summed E-state index contributed by atoms with van der Waals surface area (Å²) in [5, 5.41) is 5.27. The van der Waals surface area contributed by atoms with Crippen LogP contribution in [0.4, 0.5) is 5.82 Å². The van der Waals surface area contributed by atoms with E-state index in [1.807, 2.05) is 26.1 Å². The first-order chi connectivity index (χ1) is 8.16. The fraction of sp³-hybridized carbons (Fsp3) is 0.154. The van der Waals surface area contributed by atoms with Crippen molar-refractivity contribution in [2.75, 3.05) is 5.73 Å². The topological polar surface area (TPSA) is 57.0 Å². The SMILES string of the molecule is Cc1coc2cc(-c3cnn(C)c3N)ccc12. The Labute approximate surface area is 98.6 Å². The standard InChI is InChI=1S/C13H13N3O/c1-8-7-17-12-5-9(3-4-10(8)12)11-6-15-16(2)13(11)14/h3-7H,14H2,1-2H3. The first-order valence-corrected chi connectivity index (χ1v) is 5.42. The molecule has 0 aliphatic rings. The van der Waals surface area contributed by atoms with E-state index in [2.05, 4.69) is 11.2 Å². The maximum Gasteiger partial charge on any atom is 0.134 e. The molecule has 86 valence electrons. The predicted molar refractivity (Wildman–Crippen MR) is 67.6 cm³/mol. The Balaban J connectivity index is 2.21. The number of nitrogens with two attached hydrogens (primary N) is 1. The summed E-state index contributed by atoms with van der Waals surface area (Å²) in [6, 6.07) is 6.09. The van der Waals surface area contributed by atoms with Crippen molar-refractivity contribution in [3.8, 4) is 11.1 Å². The van der Waals surface area contributed by atoms with E-state index in [0.717, 1.165) is 27.7 Å². The highest BCUT2D eigenvalue weighted by molar-refractivity contribution is 5.87. The molecular weight excluding hydrogens is 214 g/mol. The van der Waals surface area contributed by atoms with Crippen LogP contribution in [0.1, 0.15) is 5.56 Å². The van der Waals surface area contributed by atoms with E-state index in [4.69, 9.17) is 10.2 Å². The zero-order chi connectivity index (χ0) is 12.0. The Bertz CT molecular complexity index is 694. The first kappa shape index (κ1) is 9.96. The van der Waals surface area contributed by atoms with Gasteiger partial charge in [0, 0.05) is 18.0 Å². The number of hydrogen-bond acceptors (Lipinski definition) is 3. The summed E-state index contributed by atoms with van der Waals surface area (Å²) >= 11 is 0. The summed E-state index contributed by atoms with van der Waals surface area (Å²) < 4.78 is 7.15. The minimum absolute atomic E-state index is 0.660. The average molecular weight is 227 g/mol. The van der Waals surface area contributed by atoms with Crippen molar-refractivity contribution in [2.45, 2.75) is 6.92 Å². The van der Waals surface area contributed by atoms with E-state index >= 15 is 0 Å².